The molecule has 0 spiro atoms. The van der Waals surface area contributed by atoms with E-state index in [9.17, 15) is 9.59 Å². The van der Waals surface area contributed by atoms with Crippen LogP contribution in [0.3, 0.4) is 0 Å². The van der Waals surface area contributed by atoms with E-state index in [2.05, 4.69) is 32.0 Å². The minimum Gasteiger partial charge on any atom is -0.450 e. The van der Waals surface area contributed by atoms with E-state index in [1.165, 1.54) is 0 Å². The zero-order valence-electron chi connectivity index (χ0n) is 14.8. The van der Waals surface area contributed by atoms with E-state index in [0.717, 1.165) is 11.1 Å². The Hall–Kier alpha value is -3.12. The monoisotopic (exact) mass is 346 g/mol. The maximum absolute atomic E-state index is 10.4. The van der Waals surface area contributed by atoms with E-state index in [4.69, 9.17) is 11.5 Å². The van der Waals surface area contributed by atoms with Crippen LogP contribution in [0.15, 0.2) is 24.3 Å². The molecule has 1 rings (SSSR count). The third-order valence-electron chi connectivity index (χ3n) is 2.44. The van der Waals surface area contributed by atoms with Gasteiger partial charge in [0.05, 0.1) is 6.61 Å². The van der Waals surface area contributed by atoms with E-state index >= 15 is 0 Å². The third kappa shape index (κ3) is 12.0. The first-order valence-electron chi connectivity index (χ1n) is 7.45. The van der Waals surface area contributed by atoms with Crippen molar-refractivity contribution in [2.24, 2.45) is 0 Å². The average molecular weight is 346 g/mol. The van der Waals surface area contributed by atoms with Crippen molar-refractivity contribution < 1.29 is 28.9 Å². The van der Waals surface area contributed by atoms with Crippen molar-refractivity contribution in [1.29, 1.82) is 0 Å². The number of rotatable bonds is 3. The van der Waals surface area contributed by atoms with E-state index < -0.39 is 17.9 Å². The van der Waals surface area contributed by atoms with Crippen LogP contribution in [0, 0.1) is 31.1 Å². The van der Waals surface area contributed by atoms with Gasteiger partial charge < -0.3 is 19.3 Å². The predicted molar refractivity (Wildman–Crippen MR) is 93.1 cm³/mol. The molecule has 1 aromatic rings. The molecule has 0 radical (unpaired) electrons. The number of ether oxygens (including phenoxy) is 3. The van der Waals surface area contributed by atoms with Crippen molar-refractivity contribution in [3.05, 3.63) is 35.4 Å². The van der Waals surface area contributed by atoms with Crippen LogP contribution in [0.2, 0.25) is 0 Å². The van der Waals surface area contributed by atoms with Crippen LogP contribution in [0.5, 0.6) is 0 Å². The summed E-state index contributed by atoms with van der Waals surface area (Å²) in [5.74, 6) is 7.79. The fraction of sp³-hybridized carbons (Fsp3) is 0.368. The molecule has 0 unspecified atom stereocenters. The standard InChI is InChI=1S/C13H14O3.C6H8O3/c1-10-4-6-11(7-5-10)8-9-13(2,3)16-12(14)15;1-3-5-9-6(7)8-4-2/h4-7H,1-3H3,(H,14,15);1H,4-5H2,2H3. The number of benzene rings is 1. The lowest BCUT2D eigenvalue weighted by Crippen LogP contribution is -2.25. The Bertz CT molecular complexity index is 656. The summed E-state index contributed by atoms with van der Waals surface area (Å²) in [4.78, 5) is 20.6. The number of carboxylic acid groups (broad SMARTS) is 1. The topological polar surface area (TPSA) is 82.1 Å². The molecule has 0 saturated heterocycles. The van der Waals surface area contributed by atoms with Crippen molar-refractivity contribution in [2.75, 3.05) is 13.2 Å². The van der Waals surface area contributed by atoms with Gasteiger partial charge in [-0.3, -0.25) is 0 Å². The lowest BCUT2D eigenvalue weighted by Gasteiger charge is -2.15. The van der Waals surface area contributed by atoms with E-state index in [1.807, 2.05) is 31.2 Å². The van der Waals surface area contributed by atoms with E-state index in [1.54, 1.807) is 20.8 Å². The van der Waals surface area contributed by atoms with Crippen molar-refractivity contribution >= 4 is 12.3 Å². The zero-order valence-corrected chi connectivity index (χ0v) is 14.8. The van der Waals surface area contributed by atoms with Crippen LogP contribution in [0.25, 0.3) is 0 Å². The molecule has 25 heavy (non-hydrogen) atoms. The maximum Gasteiger partial charge on any atom is 0.509 e. The van der Waals surface area contributed by atoms with Gasteiger partial charge in [-0.25, -0.2) is 9.59 Å². The number of carbonyl (C=O) groups excluding carboxylic acids is 1. The smallest absolute Gasteiger partial charge is 0.450 e. The van der Waals surface area contributed by atoms with Crippen molar-refractivity contribution in [1.82, 2.24) is 0 Å². The van der Waals surface area contributed by atoms with Crippen molar-refractivity contribution in [3.63, 3.8) is 0 Å². The number of carbonyl (C=O) groups is 2. The third-order valence-corrected chi connectivity index (χ3v) is 2.44. The Balaban J connectivity index is 0.000000547. The van der Waals surface area contributed by atoms with Gasteiger partial charge in [-0.1, -0.05) is 35.5 Å². The van der Waals surface area contributed by atoms with Crippen molar-refractivity contribution in [2.45, 2.75) is 33.3 Å². The second kappa shape index (κ2) is 11.4. The summed E-state index contributed by atoms with van der Waals surface area (Å²) < 4.78 is 13.3. The quantitative estimate of drug-likeness (QED) is 0.665. The summed E-state index contributed by atoms with van der Waals surface area (Å²) in [6.07, 6.45) is 2.76. The number of aryl methyl sites for hydroxylation is 1. The molecule has 1 aromatic carbocycles. The lowest BCUT2D eigenvalue weighted by atomic mass is 10.1. The number of hydrogen-bond acceptors (Lipinski definition) is 5. The molecule has 0 aromatic heterocycles. The fourth-order valence-electron chi connectivity index (χ4n) is 1.36. The van der Waals surface area contributed by atoms with Crippen LogP contribution in [-0.4, -0.2) is 36.2 Å². The summed E-state index contributed by atoms with van der Waals surface area (Å²) in [6, 6.07) is 7.68. The summed E-state index contributed by atoms with van der Waals surface area (Å²) in [5, 5.41) is 8.49. The van der Waals surface area contributed by atoms with Crippen LogP contribution >= 0.6 is 0 Å². The molecule has 0 heterocycles. The first-order valence-corrected chi connectivity index (χ1v) is 7.45. The molecule has 0 fully saturated rings. The summed E-state index contributed by atoms with van der Waals surface area (Å²) in [6.45, 7) is 7.19. The Morgan fingerprint density at radius 3 is 2.28 bits per heavy atom. The second-order valence-corrected chi connectivity index (χ2v) is 5.17. The molecular formula is C19H22O6. The van der Waals surface area contributed by atoms with Crippen LogP contribution in [-0.2, 0) is 14.2 Å². The van der Waals surface area contributed by atoms with Crippen LogP contribution in [0.1, 0.15) is 31.9 Å². The molecule has 6 nitrogen and oxygen atoms in total. The summed E-state index contributed by atoms with van der Waals surface area (Å²) >= 11 is 0. The second-order valence-electron chi connectivity index (χ2n) is 5.17. The Kier molecular flexibility index (Phi) is 10.00. The number of hydrogen-bond donors (Lipinski definition) is 1. The van der Waals surface area contributed by atoms with Gasteiger partial charge in [0, 0.05) is 5.56 Å². The molecule has 0 aliphatic rings. The SMILES string of the molecule is C#CCOC(=O)OCC.Cc1ccc(C#CC(C)(C)OC(=O)O)cc1. The summed E-state index contributed by atoms with van der Waals surface area (Å²) in [7, 11) is 0. The maximum atomic E-state index is 10.4. The van der Waals surface area contributed by atoms with E-state index in [0.29, 0.717) is 6.61 Å². The minimum atomic E-state index is -1.32. The van der Waals surface area contributed by atoms with Gasteiger partial charge in [0.15, 0.2) is 12.2 Å². The lowest BCUT2D eigenvalue weighted by molar-refractivity contribution is 0.0355. The van der Waals surface area contributed by atoms with Gasteiger partial charge in [-0.05, 0) is 39.8 Å². The van der Waals surface area contributed by atoms with Gasteiger partial charge in [0.25, 0.3) is 0 Å². The Morgan fingerprint density at radius 2 is 1.80 bits per heavy atom. The predicted octanol–water partition coefficient (Wildman–Crippen LogP) is 3.61. The first-order chi connectivity index (χ1) is 11.7. The first kappa shape index (κ1) is 21.9. The minimum absolute atomic E-state index is 0.0289. The van der Waals surface area contributed by atoms with Gasteiger partial charge in [-0.2, -0.15) is 0 Å². The molecule has 0 aliphatic heterocycles. The van der Waals surface area contributed by atoms with Crippen LogP contribution in [0.4, 0.5) is 9.59 Å². The average Bonchev–Trinajstić information content (AvgIpc) is 2.52. The molecule has 1 N–H and O–H groups in total. The van der Waals surface area contributed by atoms with E-state index in [-0.39, 0.29) is 6.61 Å². The summed E-state index contributed by atoms with van der Waals surface area (Å²) in [5.41, 5.74) is 1.01. The van der Waals surface area contributed by atoms with Crippen LogP contribution < -0.4 is 0 Å². The van der Waals surface area contributed by atoms with Crippen molar-refractivity contribution in [3.8, 4) is 24.2 Å². The Morgan fingerprint density at radius 1 is 1.20 bits per heavy atom. The van der Waals surface area contributed by atoms with Gasteiger partial charge in [0.1, 0.15) is 0 Å². The molecule has 134 valence electrons. The molecule has 0 aliphatic carbocycles. The molecule has 0 amide bonds. The molecule has 0 saturated carbocycles. The highest BCUT2D eigenvalue weighted by Gasteiger charge is 2.18. The highest BCUT2D eigenvalue weighted by atomic mass is 16.7. The highest BCUT2D eigenvalue weighted by molar-refractivity contribution is 5.60. The largest absolute Gasteiger partial charge is 0.509 e. The Labute approximate surface area is 148 Å². The van der Waals surface area contributed by atoms with Gasteiger partial charge in [-0.15, -0.1) is 6.42 Å². The molecule has 0 atom stereocenters. The van der Waals surface area contributed by atoms with Gasteiger partial charge in [0.2, 0.25) is 0 Å². The number of terminal acetylenes is 1. The molecule has 6 heteroatoms. The highest BCUT2D eigenvalue weighted by Crippen LogP contribution is 2.08. The fourth-order valence-corrected chi connectivity index (χ4v) is 1.36. The normalized spacial score (nSPS) is 9.24. The molecular weight excluding hydrogens is 324 g/mol. The van der Waals surface area contributed by atoms with Gasteiger partial charge >= 0.3 is 12.3 Å². The zero-order chi connectivity index (χ0) is 19.3. The molecule has 0 bridgehead atoms.